The van der Waals surface area contributed by atoms with E-state index >= 15 is 0 Å². The predicted molar refractivity (Wildman–Crippen MR) is 61.9 cm³/mol. The summed E-state index contributed by atoms with van der Waals surface area (Å²) in [5.74, 6) is -4.88. The molecule has 116 valence electrons. The van der Waals surface area contributed by atoms with Crippen LogP contribution in [0.3, 0.4) is 0 Å². The lowest BCUT2D eigenvalue weighted by Gasteiger charge is -2.07. The topological polar surface area (TPSA) is 218 Å². The van der Waals surface area contributed by atoms with E-state index in [0.29, 0.717) is 0 Å². The van der Waals surface area contributed by atoms with Crippen LogP contribution in [0.5, 0.6) is 0 Å². The first kappa shape index (κ1) is 18.0. The summed E-state index contributed by atoms with van der Waals surface area (Å²) in [6.07, 6.45) is -4.53. The van der Waals surface area contributed by atoms with E-state index in [0.717, 1.165) is 6.07 Å². The van der Waals surface area contributed by atoms with Crippen LogP contribution in [0.4, 0.5) is 0 Å². The minimum atomic E-state index is -2.27. The van der Waals surface area contributed by atoms with Crippen molar-refractivity contribution >= 4 is 17.9 Å². The molecule has 0 unspecified atom stereocenters. The van der Waals surface area contributed by atoms with Gasteiger partial charge in [0.05, 0.1) is 0 Å². The van der Waals surface area contributed by atoms with Crippen LogP contribution in [-0.2, 0) is 9.59 Å². The van der Waals surface area contributed by atoms with E-state index in [1.54, 1.807) is 0 Å². The van der Waals surface area contributed by atoms with Crippen molar-refractivity contribution in [2.24, 2.45) is 0 Å². The molecule has 0 fully saturated rings. The molecule has 7 N–H and O–H groups in total. The lowest BCUT2D eigenvalue weighted by atomic mass is 10.2. The van der Waals surface area contributed by atoms with Crippen LogP contribution >= 0.6 is 0 Å². The summed E-state index contributed by atoms with van der Waals surface area (Å²) in [5.41, 5.74) is -1.97. The van der Waals surface area contributed by atoms with Gasteiger partial charge in [0, 0.05) is 6.07 Å². The van der Waals surface area contributed by atoms with Gasteiger partial charge in [-0.1, -0.05) is 0 Å². The lowest BCUT2D eigenvalue weighted by Crippen LogP contribution is -2.39. The highest BCUT2D eigenvalue weighted by Gasteiger charge is 2.29. The van der Waals surface area contributed by atoms with Crippen molar-refractivity contribution in [1.29, 1.82) is 0 Å². The molecule has 1 rings (SSSR count). The Kier molecular flexibility index (Phi) is 6.49. The number of H-pyrrole nitrogens is 2. The third-order valence-electron chi connectivity index (χ3n) is 1.80. The maximum absolute atomic E-state index is 10.5. The van der Waals surface area contributed by atoms with Gasteiger partial charge in [0.2, 0.25) is 0 Å². The number of aliphatic hydroxyl groups is 2. The lowest BCUT2D eigenvalue weighted by molar-refractivity contribution is -0.165. The summed E-state index contributed by atoms with van der Waals surface area (Å²) in [4.78, 5) is 54.4. The van der Waals surface area contributed by atoms with Gasteiger partial charge in [0.25, 0.3) is 5.56 Å². The quantitative estimate of drug-likeness (QED) is 0.293. The first-order valence-corrected chi connectivity index (χ1v) is 4.95. The molecule has 0 saturated carbocycles. The second-order valence-corrected chi connectivity index (χ2v) is 3.37. The zero-order chi connectivity index (χ0) is 16.7. The van der Waals surface area contributed by atoms with Gasteiger partial charge < -0.3 is 30.5 Å². The predicted octanol–water partition coefficient (Wildman–Crippen LogP) is -3.36. The van der Waals surface area contributed by atoms with E-state index in [1.165, 1.54) is 0 Å². The number of carbonyl (C=O) groups is 3. The van der Waals surface area contributed by atoms with E-state index in [9.17, 15) is 24.0 Å². The van der Waals surface area contributed by atoms with Crippen LogP contribution in [0, 0.1) is 0 Å². The highest BCUT2D eigenvalue weighted by atomic mass is 16.4. The van der Waals surface area contributed by atoms with Crippen molar-refractivity contribution in [3.63, 3.8) is 0 Å². The van der Waals surface area contributed by atoms with Crippen LogP contribution in [0.25, 0.3) is 0 Å². The number of carboxylic acids is 3. The molecule has 1 heterocycles. The second-order valence-electron chi connectivity index (χ2n) is 3.37. The number of aromatic carboxylic acids is 1. The van der Waals surface area contributed by atoms with Crippen molar-refractivity contribution in [3.05, 3.63) is 32.6 Å². The molecule has 0 aromatic carbocycles. The van der Waals surface area contributed by atoms with E-state index < -0.39 is 47.1 Å². The van der Waals surface area contributed by atoms with E-state index in [-0.39, 0.29) is 0 Å². The molecule has 0 aliphatic heterocycles. The molecular weight excluding hydrogens is 296 g/mol. The maximum atomic E-state index is 10.5. The Morgan fingerprint density at radius 3 is 1.62 bits per heavy atom. The molecule has 2 atom stereocenters. The number of carboxylic acid groups (broad SMARTS) is 3. The Bertz CT molecular complexity index is 598. The number of aliphatic hydroxyl groups excluding tert-OH is 2. The van der Waals surface area contributed by atoms with Crippen molar-refractivity contribution in [3.8, 4) is 0 Å². The van der Waals surface area contributed by atoms with Crippen LogP contribution < -0.4 is 11.2 Å². The van der Waals surface area contributed by atoms with Crippen molar-refractivity contribution in [2.45, 2.75) is 12.2 Å². The van der Waals surface area contributed by atoms with Gasteiger partial charge in [0.1, 0.15) is 5.69 Å². The summed E-state index contributed by atoms with van der Waals surface area (Å²) in [7, 11) is 0. The van der Waals surface area contributed by atoms with Gasteiger partial charge >= 0.3 is 23.6 Å². The van der Waals surface area contributed by atoms with Gasteiger partial charge in [-0.3, -0.25) is 9.78 Å². The number of hydrogen-bond acceptors (Lipinski definition) is 7. The average Bonchev–Trinajstić information content (AvgIpc) is 2.36. The smallest absolute Gasteiger partial charge is 0.352 e. The van der Waals surface area contributed by atoms with Gasteiger partial charge in [-0.25, -0.2) is 19.2 Å². The fraction of sp³-hybridized carbons (Fsp3) is 0.222. The fourth-order valence-corrected chi connectivity index (χ4v) is 0.854. The summed E-state index contributed by atoms with van der Waals surface area (Å²) in [6.45, 7) is 0. The summed E-state index contributed by atoms with van der Waals surface area (Å²) in [6, 6.07) is 0.795. The molecule has 12 heteroatoms. The average molecular weight is 306 g/mol. The number of nitrogens with one attached hydrogen (secondary N) is 2. The molecule has 1 aromatic heterocycles. The third kappa shape index (κ3) is 6.13. The fourth-order valence-electron chi connectivity index (χ4n) is 0.854. The normalized spacial score (nSPS) is 12.5. The standard InChI is InChI=1S/C5H4N2O4.C4H6O6/c8-3-1-2(4(9)10)6-5(11)7-3;5-1(3(7)8)2(6)4(9)10/h1H,(H,9,10)(H2,6,7,8,11);1-2,5-6H,(H,7,8)(H,9,10)/t;1-,2+. The molecule has 12 nitrogen and oxygen atoms in total. The van der Waals surface area contributed by atoms with Crippen molar-refractivity contribution < 1.29 is 39.9 Å². The molecular formula is C9H10N2O10. The van der Waals surface area contributed by atoms with E-state index in [2.05, 4.69) is 0 Å². The molecule has 0 radical (unpaired) electrons. The summed E-state index contributed by atoms with van der Waals surface area (Å²) >= 11 is 0. The van der Waals surface area contributed by atoms with Gasteiger partial charge in [-0.05, 0) is 0 Å². The van der Waals surface area contributed by atoms with Crippen LogP contribution in [0.1, 0.15) is 10.5 Å². The number of rotatable bonds is 4. The number of aromatic nitrogens is 2. The van der Waals surface area contributed by atoms with Crippen molar-refractivity contribution in [1.82, 2.24) is 9.97 Å². The third-order valence-corrected chi connectivity index (χ3v) is 1.80. The summed E-state index contributed by atoms with van der Waals surface area (Å²) < 4.78 is 0. The van der Waals surface area contributed by atoms with Gasteiger partial charge in [-0.2, -0.15) is 0 Å². The summed E-state index contributed by atoms with van der Waals surface area (Å²) in [5, 5.41) is 40.8. The molecule has 0 saturated heterocycles. The second kappa shape index (κ2) is 7.56. The number of hydrogen-bond donors (Lipinski definition) is 7. The first-order chi connectivity index (χ1) is 9.56. The minimum Gasteiger partial charge on any atom is -0.479 e. The molecule has 0 spiro atoms. The minimum absolute atomic E-state index is 0.418. The number of aliphatic carboxylic acids is 2. The molecule has 21 heavy (non-hydrogen) atoms. The highest BCUT2D eigenvalue weighted by Crippen LogP contribution is 1.92. The maximum Gasteiger partial charge on any atom is 0.352 e. The largest absolute Gasteiger partial charge is 0.479 e. The van der Waals surface area contributed by atoms with Crippen LogP contribution in [0.15, 0.2) is 15.7 Å². The van der Waals surface area contributed by atoms with E-state index in [1.807, 2.05) is 9.97 Å². The van der Waals surface area contributed by atoms with Crippen molar-refractivity contribution in [2.75, 3.05) is 0 Å². The zero-order valence-corrected chi connectivity index (χ0v) is 10.0. The molecule has 0 amide bonds. The monoisotopic (exact) mass is 306 g/mol. The molecule has 0 aliphatic carbocycles. The SMILES string of the molecule is O=C(O)[C@@H](O)[C@@H](O)C(=O)O.O=C(O)c1cc(=O)[nH]c(=O)[nH]1. The Labute approximate surface area is 113 Å². The molecule has 0 aliphatic rings. The van der Waals surface area contributed by atoms with Gasteiger partial charge in [-0.15, -0.1) is 0 Å². The molecule has 1 aromatic rings. The van der Waals surface area contributed by atoms with Crippen LogP contribution in [-0.4, -0.2) is 65.6 Å². The Balaban J connectivity index is 0.000000384. The highest BCUT2D eigenvalue weighted by molar-refractivity contribution is 5.84. The van der Waals surface area contributed by atoms with Crippen LogP contribution in [0.2, 0.25) is 0 Å². The Hall–Kier alpha value is -2.99. The number of aromatic amines is 2. The first-order valence-electron chi connectivity index (χ1n) is 4.95. The zero-order valence-electron chi connectivity index (χ0n) is 10.0. The Morgan fingerprint density at radius 1 is 0.905 bits per heavy atom. The molecule has 0 bridgehead atoms. The van der Waals surface area contributed by atoms with Gasteiger partial charge in [0.15, 0.2) is 12.2 Å². The van der Waals surface area contributed by atoms with E-state index in [4.69, 9.17) is 25.5 Å². The Morgan fingerprint density at radius 2 is 1.33 bits per heavy atom.